The Balaban J connectivity index is 1.97. The molecular formula is C18H15ClN2O3. The van der Waals surface area contributed by atoms with Crippen molar-refractivity contribution in [3.8, 4) is 11.5 Å². The van der Waals surface area contributed by atoms with E-state index in [4.69, 9.17) is 21.1 Å². The summed E-state index contributed by atoms with van der Waals surface area (Å²) < 4.78 is 10.5. The van der Waals surface area contributed by atoms with Gasteiger partial charge in [0.25, 0.3) is 5.91 Å². The van der Waals surface area contributed by atoms with Gasteiger partial charge in [0.2, 0.25) is 0 Å². The molecule has 5 nitrogen and oxygen atoms in total. The molecule has 0 spiro atoms. The van der Waals surface area contributed by atoms with E-state index in [1.165, 1.54) is 0 Å². The number of nitrogens with one attached hydrogen (secondary N) is 1. The van der Waals surface area contributed by atoms with Crippen molar-refractivity contribution >= 4 is 29.4 Å². The molecule has 1 amide bonds. The van der Waals surface area contributed by atoms with Crippen molar-refractivity contribution < 1.29 is 14.3 Å². The summed E-state index contributed by atoms with van der Waals surface area (Å²) in [5.74, 6) is 1.42. The first kappa shape index (κ1) is 16.1. The second kappa shape index (κ2) is 6.76. The number of benzene rings is 2. The molecule has 1 N–H and O–H groups in total. The number of nitrogens with zero attached hydrogens (tertiary/aromatic N) is 1. The van der Waals surface area contributed by atoms with Gasteiger partial charge in [0, 0.05) is 16.7 Å². The van der Waals surface area contributed by atoms with Crippen molar-refractivity contribution in [2.24, 2.45) is 4.99 Å². The van der Waals surface area contributed by atoms with Crippen molar-refractivity contribution in [2.45, 2.75) is 0 Å². The number of ether oxygens (including phenoxy) is 2. The van der Waals surface area contributed by atoms with Crippen molar-refractivity contribution in [1.82, 2.24) is 5.32 Å². The number of amides is 1. The van der Waals surface area contributed by atoms with E-state index in [0.717, 1.165) is 5.56 Å². The normalized spacial score (nSPS) is 15.2. The van der Waals surface area contributed by atoms with Crippen LogP contribution in [0, 0.1) is 0 Å². The van der Waals surface area contributed by atoms with Gasteiger partial charge in [-0.05, 0) is 35.9 Å². The number of rotatable bonds is 4. The van der Waals surface area contributed by atoms with Crippen molar-refractivity contribution in [1.29, 1.82) is 0 Å². The number of carbonyl (C=O) groups excluding carboxylic acids is 1. The van der Waals surface area contributed by atoms with E-state index >= 15 is 0 Å². The Bertz CT molecular complexity index is 837. The highest BCUT2D eigenvalue weighted by atomic mass is 35.5. The third kappa shape index (κ3) is 3.41. The van der Waals surface area contributed by atoms with E-state index in [1.807, 2.05) is 12.1 Å². The lowest BCUT2D eigenvalue weighted by molar-refractivity contribution is -0.115. The molecule has 0 saturated heterocycles. The predicted octanol–water partition coefficient (Wildman–Crippen LogP) is 3.27. The van der Waals surface area contributed by atoms with Crippen molar-refractivity contribution in [3.05, 3.63) is 64.3 Å². The first-order valence-electron chi connectivity index (χ1n) is 7.20. The Labute approximate surface area is 144 Å². The minimum absolute atomic E-state index is 0.272. The zero-order valence-corrected chi connectivity index (χ0v) is 13.9. The zero-order chi connectivity index (χ0) is 17.1. The lowest BCUT2D eigenvalue weighted by Gasteiger charge is -2.08. The summed E-state index contributed by atoms with van der Waals surface area (Å²) in [5.41, 5.74) is 1.82. The monoisotopic (exact) mass is 342 g/mol. The Morgan fingerprint density at radius 2 is 1.79 bits per heavy atom. The van der Waals surface area contributed by atoms with Crippen LogP contribution in [0.25, 0.3) is 6.08 Å². The smallest absolute Gasteiger partial charge is 0.275 e. The third-order valence-electron chi connectivity index (χ3n) is 3.47. The summed E-state index contributed by atoms with van der Waals surface area (Å²) in [6.07, 6.45) is 1.69. The van der Waals surface area contributed by atoms with Crippen LogP contribution in [0.15, 0.2) is 53.2 Å². The average Bonchev–Trinajstić information content (AvgIpc) is 2.95. The molecule has 0 unspecified atom stereocenters. The number of methoxy groups -OCH3 is 2. The number of carbonyl (C=O) groups is 1. The predicted molar refractivity (Wildman–Crippen MR) is 93.7 cm³/mol. The maximum absolute atomic E-state index is 12.2. The molecule has 6 heteroatoms. The highest BCUT2D eigenvalue weighted by Gasteiger charge is 2.22. The van der Waals surface area contributed by atoms with Gasteiger partial charge in [-0.1, -0.05) is 23.7 Å². The third-order valence-corrected chi connectivity index (χ3v) is 3.71. The Kier molecular flexibility index (Phi) is 4.53. The van der Waals surface area contributed by atoms with E-state index in [1.54, 1.807) is 50.6 Å². The molecule has 0 aliphatic carbocycles. The maximum Gasteiger partial charge on any atom is 0.275 e. The van der Waals surface area contributed by atoms with E-state index in [9.17, 15) is 4.79 Å². The molecule has 1 aliphatic rings. The quantitative estimate of drug-likeness (QED) is 0.867. The molecule has 0 radical (unpaired) electrons. The van der Waals surface area contributed by atoms with Crippen molar-refractivity contribution in [2.75, 3.05) is 14.2 Å². The van der Waals surface area contributed by atoms with E-state index in [0.29, 0.717) is 33.6 Å². The first-order chi connectivity index (χ1) is 11.6. The lowest BCUT2D eigenvalue weighted by Crippen LogP contribution is -2.24. The fraction of sp³-hybridized carbons (Fsp3) is 0.111. The summed E-state index contributed by atoms with van der Waals surface area (Å²) in [5, 5.41) is 3.36. The van der Waals surface area contributed by atoms with Gasteiger partial charge in [-0.3, -0.25) is 4.79 Å². The van der Waals surface area contributed by atoms with Crippen LogP contribution in [0.3, 0.4) is 0 Å². The molecule has 0 aromatic heterocycles. The van der Waals surface area contributed by atoms with Gasteiger partial charge in [-0.25, -0.2) is 4.99 Å². The molecule has 2 aromatic carbocycles. The van der Waals surface area contributed by atoms with Crippen LogP contribution in [-0.4, -0.2) is 26.0 Å². The molecule has 122 valence electrons. The van der Waals surface area contributed by atoms with Crippen LogP contribution in [0.2, 0.25) is 5.02 Å². The second-order valence-electron chi connectivity index (χ2n) is 5.10. The van der Waals surface area contributed by atoms with E-state index in [2.05, 4.69) is 10.3 Å². The number of aliphatic imine (C=N–C) groups is 1. The number of halogens is 1. The summed E-state index contributed by atoms with van der Waals surface area (Å²) in [4.78, 5) is 16.5. The van der Waals surface area contributed by atoms with Crippen molar-refractivity contribution in [3.63, 3.8) is 0 Å². The minimum atomic E-state index is -0.272. The minimum Gasteiger partial charge on any atom is -0.497 e. The average molecular weight is 343 g/mol. The van der Waals surface area contributed by atoms with Crippen LogP contribution in [0.1, 0.15) is 11.1 Å². The molecule has 0 atom stereocenters. The summed E-state index contributed by atoms with van der Waals surface area (Å²) in [6, 6.07) is 12.5. The zero-order valence-electron chi connectivity index (χ0n) is 13.2. The van der Waals surface area contributed by atoms with E-state index in [-0.39, 0.29) is 5.91 Å². The largest absolute Gasteiger partial charge is 0.497 e. The first-order valence-corrected chi connectivity index (χ1v) is 7.57. The summed E-state index contributed by atoms with van der Waals surface area (Å²) >= 11 is 5.96. The van der Waals surface area contributed by atoms with Crippen LogP contribution < -0.4 is 14.8 Å². The van der Waals surface area contributed by atoms with Gasteiger partial charge in [0.15, 0.2) is 0 Å². The van der Waals surface area contributed by atoms with Crippen LogP contribution in [-0.2, 0) is 4.79 Å². The highest BCUT2D eigenvalue weighted by molar-refractivity contribution is 6.30. The van der Waals surface area contributed by atoms with Gasteiger partial charge in [-0.15, -0.1) is 0 Å². The fourth-order valence-electron chi connectivity index (χ4n) is 2.30. The molecule has 1 aliphatic heterocycles. The standard InChI is InChI=1S/C18H15ClN2O3/c1-23-14-8-12(9-15(10-14)24-2)17-20-16(18(22)21-17)7-11-4-3-5-13(19)6-11/h3-10H,1-2H3,(H,20,21,22)/b16-7+. The number of hydrogen-bond acceptors (Lipinski definition) is 4. The highest BCUT2D eigenvalue weighted by Crippen LogP contribution is 2.24. The molecule has 0 bridgehead atoms. The maximum atomic E-state index is 12.2. The molecule has 24 heavy (non-hydrogen) atoms. The van der Waals surface area contributed by atoms with Gasteiger partial charge >= 0.3 is 0 Å². The lowest BCUT2D eigenvalue weighted by atomic mass is 10.2. The van der Waals surface area contributed by atoms with E-state index < -0.39 is 0 Å². The van der Waals surface area contributed by atoms with Crippen LogP contribution in [0.4, 0.5) is 0 Å². The van der Waals surface area contributed by atoms with Gasteiger partial charge < -0.3 is 14.8 Å². The molecular weight excluding hydrogens is 328 g/mol. The molecule has 1 heterocycles. The van der Waals surface area contributed by atoms with Gasteiger partial charge in [-0.2, -0.15) is 0 Å². The SMILES string of the molecule is COc1cc(OC)cc(C2=N/C(=C/c3cccc(Cl)c3)C(=O)N2)c1. The molecule has 0 saturated carbocycles. The topological polar surface area (TPSA) is 59.9 Å². The van der Waals surface area contributed by atoms with Gasteiger partial charge in [0.05, 0.1) is 14.2 Å². The fourth-order valence-corrected chi connectivity index (χ4v) is 2.50. The second-order valence-corrected chi connectivity index (χ2v) is 5.54. The van der Waals surface area contributed by atoms with Crippen LogP contribution in [0.5, 0.6) is 11.5 Å². The number of hydrogen-bond donors (Lipinski definition) is 1. The Hall–Kier alpha value is -2.79. The molecule has 0 fully saturated rings. The number of amidine groups is 1. The Morgan fingerprint density at radius 1 is 1.08 bits per heavy atom. The summed E-state index contributed by atoms with van der Waals surface area (Å²) in [7, 11) is 3.14. The molecule has 3 rings (SSSR count). The summed E-state index contributed by atoms with van der Waals surface area (Å²) in [6.45, 7) is 0. The Morgan fingerprint density at radius 3 is 2.42 bits per heavy atom. The van der Waals surface area contributed by atoms with Gasteiger partial charge in [0.1, 0.15) is 23.0 Å². The molecule has 2 aromatic rings. The van der Waals surface area contributed by atoms with Crippen LogP contribution >= 0.6 is 11.6 Å².